The summed E-state index contributed by atoms with van der Waals surface area (Å²) in [5, 5.41) is 3.70. The summed E-state index contributed by atoms with van der Waals surface area (Å²) in [5.74, 6) is 0. The highest BCUT2D eigenvalue weighted by atomic mass is 15.1. The number of hydrogen-bond donors (Lipinski definition) is 1. The van der Waals surface area contributed by atoms with Gasteiger partial charge in [0.1, 0.15) is 0 Å². The molecule has 0 aliphatic carbocycles. The van der Waals surface area contributed by atoms with Gasteiger partial charge in [-0.2, -0.15) is 0 Å². The number of rotatable bonds is 3. The highest BCUT2D eigenvalue weighted by Gasteiger charge is 2.23. The molecule has 0 radical (unpaired) electrons. The van der Waals surface area contributed by atoms with Crippen LogP contribution in [0.25, 0.3) is 0 Å². The standard InChI is InChI=1S/C17H23N3/c1-13-7-6-10-16(19-13)17-11-18-12-20(17)14(2)15-8-4-3-5-9-15/h3-5,8-9,11-14,16,19H,6-7,10H2,1-2H3. The molecule has 3 unspecified atom stereocenters. The minimum absolute atomic E-state index is 0.327. The second-order valence-corrected chi connectivity index (χ2v) is 5.86. The number of nitrogens with zero attached hydrogens (tertiary/aromatic N) is 2. The summed E-state index contributed by atoms with van der Waals surface area (Å²) < 4.78 is 2.31. The zero-order valence-corrected chi connectivity index (χ0v) is 12.3. The number of nitrogens with one attached hydrogen (secondary N) is 1. The lowest BCUT2D eigenvalue weighted by Crippen LogP contribution is -2.35. The maximum absolute atomic E-state index is 4.39. The van der Waals surface area contributed by atoms with Crippen molar-refractivity contribution in [2.75, 3.05) is 0 Å². The average Bonchev–Trinajstić information content (AvgIpc) is 2.97. The van der Waals surface area contributed by atoms with Crippen molar-refractivity contribution in [1.82, 2.24) is 14.9 Å². The monoisotopic (exact) mass is 269 g/mol. The van der Waals surface area contributed by atoms with Crippen molar-refractivity contribution in [3.05, 3.63) is 54.1 Å². The molecule has 1 fully saturated rings. The Hall–Kier alpha value is -1.61. The minimum Gasteiger partial charge on any atom is -0.326 e. The molecule has 0 amide bonds. The lowest BCUT2D eigenvalue weighted by Gasteiger charge is -2.30. The van der Waals surface area contributed by atoms with Crippen LogP contribution in [0.4, 0.5) is 0 Å². The summed E-state index contributed by atoms with van der Waals surface area (Å²) in [5.41, 5.74) is 2.64. The first-order chi connectivity index (χ1) is 9.75. The number of hydrogen-bond acceptors (Lipinski definition) is 2. The SMILES string of the molecule is CC1CCCC(c2cncn2C(C)c2ccccc2)N1. The molecule has 0 spiro atoms. The van der Waals surface area contributed by atoms with Crippen molar-refractivity contribution in [1.29, 1.82) is 0 Å². The Labute approximate surface area is 121 Å². The van der Waals surface area contributed by atoms with Gasteiger partial charge in [-0.3, -0.25) is 0 Å². The normalized spacial score (nSPS) is 24.5. The van der Waals surface area contributed by atoms with Crippen LogP contribution in [0.2, 0.25) is 0 Å². The van der Waals surface area contributed by atoms with E-state index >= 15 is 0 Å². The van der Waals surface area contributed by atoms with E-state index < -0.39 is 0 Å². The van der Waals surface area contributed by atoms with E-state index in [0.717, 1.165) is 0 Å². The van der Waals surface area contributed by atoms with E-state index in [0.29, 0.717) is 18.1 Å². The van der Waals surface area contributed by atoms with Gasteiger partial charge in [-0.1, -0.05) is 30.3 Å². The van der Waals surface area contributed by atoms with E-state index in [2.05, 4.69) is 59.0 Å². The third kappa shape index (κ3) is 2.63. The second kappa shape index (κ2) is 5.80. The van der Waals surface area contributed by atoms with Gasteiger partial charge in [-0.05, 0) is 38.7 Å². The lowest BCUT2D eigenvalue weighted by atomic mass is 9.97. The Morgan fingerprint density at radius 3 is 2.80 bits per heavy atom. The topological polar surface area (TPSA) is 29.9 Å². The van der Waals surface area contributed by atoms with Gasteiger partial charge in [0.15, 0.2) is 0 Å². The van der Waals surface area contributed by atoms with Crippen molar-refractivity contribution in [2.24, 2.45) is 0 Å². The molecule has 106 valence electrons. The molecule has 1 aliphatic heterocycles. The van der Waals surface area contributed by atoms with Gasteiger partial charge in [0.05, 0.1) is 18.1 Å². The Bertz CT molecular complexity index is 546. The van der Waals surface area contributed by atoms with Crippen molar-refractivity contribution < 1.29 is 0 Å². The number of piperidine rings is 1. The van der Waals surface area contributed by atoms with Gasteiger partial charge in [0, 0.05) is 18.3 Å². The maximum atomic E-state index is 4.39. The molecule has 3 atom stereocenters. The zero-order valence-electron chi connectivity index (χ0n) is 12.3. The van der Waals surface area contributed by atoms with Crippen LogP contribution in [-0.4, -0.2) is 15.6 Å². The molecule has 1 aromatic carbocycles. The fourth-order valence-corrected chi connectivity index (χ4v) is 3.17. The van der Waals surface area contributed by atoms with E-state index in [1.807, 2.05) is 12.5 Å². The van der Waals surface area contributed by atoms with Gasteiger partial charge in [0.25, 0.3) is 0 Å². The Morgan fingerprint density at radius 1 is 1.25 bits per heavy atom. The molecule has 1 saturated heterocycles. The quantitative estimate of drug-likeness (QED) is 0.921. The summed E-state index contributed by atoms with van der Waals surface area (Å²) in [6.07, 6.45) is 7.77. The van der Waals surface area contributed by atoms with Crippen molar-refractivity contribution >= 4 is 0 Å². The molecule has 3 heteroatoms. The fourth-order valence-electron chi connectivity index (χ4n) is 3.17. The van der Waals surface area contributed by atoms with Gasteiger partial charge in [-0.25, -0.2) is 4.98 Å². The fraction of sp³-hybridized carbons (Fsp3) is 0.471. The third-order valence-corrected chi connectivity index (χ3v) is 4.37. The molecule has 3 rings (SSSR count). The van der Waals surface area contributed by atoms with E-state index in [-0.39, 0.29) is 0 Å². The summed E-state index contributed by atoms with van der Waals surface area (Å²) in [6.45, 7) is 4.51. The molecule has 3 nitrogen and oxygen atoms in total. The molecule has 2 heterocycles. The first-order valence-corrected chi connectivity index (χ1v) is 7.58. The van der Waals surface area contributed by atoms with Crippen LogP contribution in [0.5, 0.6) is 0 Å². The number of imidazole rings is 1. The first-order valence-electron chi connectivity index (χ1n) is 7.58. The first kappa shape index (κ1) is 13.4. The predicted octanol–water partition coefficient (Wildman–Crippen LogP) is 3.70. The molecular weight excluding hydrogens is 246 g/mol. The summed E-state index contributed by atoms with van der Waals surface area (Å²) in [7, 11) is 0. The summed E-state index contributed by atoms with van der Waals surface area (Å²) in [6, 6.07) is 12.0. The van der Waals surface area contributed by atoms with E-state index in [9.17, 15) is 0 Å². The summed E-state index contributed by atoms with van der Waals surface area (Å²) in [4.78, 5) is 4.39. The maximum Gasteiger partial charge on any atom is 0.0954 e. The summed E-state index contributed by atoms with van der Waals surface area (Å²) >= 11 is 0. The molecule has 1 N–H and O–H groups in total. The minimum atomic E-state index is 0.327. The average molecular weight is 269 g/mol. The van der Waals surface area contributed by atoms with Crippen molar-refractivity contribution in [2.45, 2.75) is 51.2 Å². The molecule has 1 aromatic heterocycles. The largest absolute Gasteiger partial charge is 0.326 e. The van der Waals surface area contributed by atoms with Crippen LogP contribution in [0.3, 0.4) is 0 Å². The zero-order chi connectivity index (χ0) is 13.9. The Morgan fingerprint density at radius 2 is 2.05 bits per heavy atom. The molecule has 20 heavy (non-hydrogen) atoms. The van der Waals surface area contributed by atoms with E-state index in [1.54, 1.807) is 0 Å². The van der Waals surface area contributed by atoms with E-state index in [1.165, 1.54) is 30.5 Å². The Kier molecular flexibility index (Phi) is 3.88. The van der Waals surface area contributed by atoms with Gasteiger partial charge < -0.3 is 9.88 Å². The van der Waals surface area contributed by atoms with Crippen molar-refractivity contribution in [3.8, 4) is 0 Å². The van der Waals surface area contributed by atoms with Gasteiger partial charge >= 0.3 is 0 Å². The van der Waals surface area contributed by atoms with Gasteiger partial charge in [-0.15, -0.1) is 0 Å². The predicted molar refractivity (Wildman–Crippen MR) is 81.7 cm³/mol. The highest BCUT2D eigenvalue weighted by Crippen LogP contribution is 2.28. The van der Waals surface area contributed by atoms with E-state index in [4.69, 9.17) is 0 Å². The molecular formula is C17H23N3. The molecule has 2 aromatic rings. The van der Waals surface area contributed by atoms with Crippen LogP contribution < -0.4 is 5.32 Å². The van der Waals surface area contributed by atoms with Crippen LogP contribution in [0.15, 0.2) is 42.9 Å². The molecule has 1 aliphatic rings. The number of aromatic nitrogens is 2. The van der Waals surface area contributed by atoms with Gasteiger partial charge in [0.2, 0.25) is 0 Å². The smallest absolute Gasteiger partial charge is 0.0954 e. The Balaban J connectivity index is 1.86. The molecule has 0 bridgehead atoms. The molecule has 0 saturated carbocycles. The van der Waals surface area contributed by atoms with Crippen LogP contribution in [0.1, 0.15) is 56.5 Å². The lowest BCUT2D eigenvalue weighted by molar-refractivity contribution is 0.327. The van der Waals surface area contributed by atoms with Crippen LogP contribution in [0, 0.1) is 0 Å². The van der Waals surface area contributed by atoms with Crippen LogP contribution in [-0.2, 0) is 0 Å². The second-order valence-electron chi connectivity index (χ2n) is 5.86. The highest BCUT2D eigenvalue weighted by molar-refractivity contribution is 5.21. The third-order valence-electron chi connectivity index (χ3n) is 4.37. The van der Waals surface area contributed by atoms with Crippen molar-refractivity contribution in [3.63, 3.8) is 0 Å². The van der Waals surface area contributed by atoms with Crippen LogP contribution >= 0.6 is 0 Å². The number of benzene rings is 1.